The van der Waals surface area contributed by atoms with Crippen LogP contribution in [0.2, 0.25) is 0 Å². The molecule has 100 valence electrons. The van der Waals surface area contributed by atoms with E-state index < -0.39 is 0 Å². The van der Waals surface area contributed by atoms with Crippen LogP contribution in [0.15, 0.2) is 24.4 Å². The van der Waals surface area contributed by atoms with Crippen molar-refractivity contribution in [2.45, 2.75) is 0 Å². The summed E-state index contributed by atoms with van der Waals surface area (Å²) >= 11 is 5.27. The number of anilines is 1. The third-order valence-corrected chi connectivity index (χ3v) is 3.97. The first-order valence-corrected chi connectivity index (χ1v) is 6.82. The van der Waals surface area contributed by atoms with Crippen LogP contribution in [0.3, 0.4) is 0 Å². The van der Waals surface area contributed by atoms with Gasteiger partial charge < -0.3 is 14.8 Å². The SMILES string of the molecule is Cn1ccc(=S)c2cc(F)c(N3CCNCC3)cc21. The first-order chi connectivity index (χ1) is 9.16. The van der Waals surface area contributed by atoms with Crippen molar-refractivity contribution in [1.29, 1.82) is 0 Å². The lowest BCUT2D eigenvalue weighted by atomic mass is 10.1. The second-order valence-electron chi connectivity index (χ2n) is 4.85. The van der Waals surface area contributed by atoms with Crippen molar-refractivity contribution in [2.75, 3.05) is 31.1 Å². The molecule has 1 N–H and O–H groups in total. The zero-order valence-corrected chi connectivity index (χ0v) is 11.6. The fourth-order valence-corrected chi connectivity index (χ4v) is 2.76. The Balaban J connectivity index is 2.18. The quantitative estimate of drug-likeness (QED) is 0.809. The number of hydrogen-bond acceptors (Lipinski definition) is 3. The van der Waals surface area contributed by atoms with E-state index >= 15 is 0 Å². The van der Waals surface area contributed by atoms with Crippen molar-refractivity contribution in [3.63, 3.8) is 0 Å². The maximum Gasteiger partial charge on any atom is 0.147 e. The molecule has 0 bridgehead atoms. The summed E-state index contributed by atoms with van der Waals surface area (Å²) in [6.45, 7) is 3.45. The van der Waals surface area contributed by atoms with Gasteiger partial charge in [-0.25, -0.2) is 4.39 Å². The van der Waals surface area contributed by atoms with Gasteiger partial charge in [-0.2, -0.15) is 0 Å². The summed E-state index contributed by atoms with van der Waals surface area (Å²) < 4.78 is 17.0. The maximum absolute atomic E-state index is 14.3. The minimum atomic E-state index is -0.188. The van der Waals surface area contributed by atoms with Crippen LogP contribution >= 0.6 is 12.2 Å². The molecule has 0 unspecified atom stereocenters. The molecule has 1 aliphatic heterocycles. The largest absolute Gasteiger partial charge is 0.367 e. The Labute approximate surface area is 116 Å². The van der Waals surface area contributed by atoms with Gasteiger partial charge in [0.2, 0.25) is 0 Å². The lowest BCUT2D eigenvalue weighted by Gasteiger charge is -2.30. The Morgan fingerprint density at radius 3 is 2.74 bits per heavy atom. The first kappa shape index (κ1) is 12.6. The molecular formula is C14H16FN3S. The number of aryl methyl sites for hydroxylation is 1. The molecule has 0 spiro atoms. The van der Waals surface area contributed by atoms with Gasteiger partial charge in [-0.3, -0.25) is 0 Å². The van der Waals surface area contributed by atoms with Gasteiger partial charge in [0, 0.05) is 49.3 Å². The number of piperazine rings is 1. The summed E-state index contributed by atoms with van der Waals surface area (Å²) in [5.74, 6) is -0.188. The van der Waals surface area contributed by atoms with Gasteiger partial charge in [0.25, 0.3) is 0 Å². The summed E-state index contributed by atoms with van der Waals surface area (Å²) in [5.41, 5.74) is 1.65. The molecule has 0 radical (unpaired) electrons. The molecule has 3 rings (SSSR count). The van der Waals surface area contributed by atoms with Gasteiger partial charge in [0.05, 0.1) is 11.2 Å². The van der Waals surface area contributed by atoms with Gasteiger partial charge in [-0.1, -0.05) is 12.2 Å². The third-order valence-electron chi connectivity index (χ3n) is 3.62. The number of aromatic nitrogens is 1. The molecule has 1 saturated heterocycles. The topological polar surface area (TPSA) is 20.2 Å². The molecule has 0 amide bonds. The van der Waals surface area contributed by atoms with Crippen molar-refractivity contribution in [2.24, 2.45) is 7.05 Å². The number of nitrogens with zero attached hydrogens (tertiary/aromatic N) is 2. The van der Waals surface area contributed by atoms with E-state index in [1.54, 1.807) is 6.07 Å². The van der Waals surface area contributed by atoms with Gasteiger partial charge in [0.1, 0.15) is 5.82 Å². The number of halogens is 1. The summed E-state index contributed by atoms with van der Waals surface area (Å²) in [4.78, 5) is 2.08. The molecular weight excluding hydrogens is 261 g/mol. The van der Waals surface area contributed by atoms with E-state index in [0.29, 0.717) is 10.2 Å². The van der Waals surface area contributed by atoms with Gasteiger partial charge in [-0.15, -0.1) is 0 Å². The van der Waals surface area contributed by atoms with Crippen LogP contribution in [-0.2, 0) is 7.05 Å². The number of nitrogens with one attached hydrogen (secondary N) is 1. The average molecular weight is 277 g/mol. The summed E-state index contributed by atoms with van der Waals surface area (Å²) in [6.07, 6.45) is 1.92. The van der Waals surface area contributed by atoms with Crippen LogP contribution in [0.5, 0.6) is 0 Å². The molecule has 1 aliphatic rings. The molecule has 3 nitrogen and oxygen atoms in total. The van der Waals surface area contributed by atoms with Gasteiger partial charge >= 0.3 is 0 Å². The van der Waals surface area contributed by atoms with Crippen LogP contribution < -0.4 is 10.2 Å². The molecule has 0 atom stereocenters. The normalized spacial score (nSPS) is 16.0. The average Bonchev–Trinajstić information content (AvgIpc) is 2.44. The fourth-order valence-electron chi connectivity index (χ4n) is 2.54. The summed E-state index contributed by atoms with van der Waals surface area (Å²) in [5, 5.41) is 4.08. The molecule has 19 heavy (non-hydrogen) atoms. The second kappa shape index (κ2) is 4.90. The monoisotopic (exact) mass is 277 g/mol. The van der Waals surface area contributed by atoms with E-state index in [1.165, 1.54) is 0 Å². The minimum Gasteiger partial charge on any atom is -0.367 e. The lowest BCUT2D eigenvalue weighted by Crippen LogP contribution is -2.43. The number of fused-ring (bicyclic) bond motifs is 1. The van der Waals surface area contributed by atoms with E-state index in [9.17, 15) is 4.39 Å². The van der Waals surface area contributed by atoms with E-state index in [-0.39, 0.29) is 5.82 Å². The van der Waals surface area contributed by atoms with Crippen molar-refractivity contribution >= 4 is 28.8 Å². The second-order valence-corrected chi connectivity index (χ2v) is 5.29. The molecule has 2 heterocycles. The van der Waals surface area contributed by atoms with E-state index in [1.807, 2.05) is 29.9 Å². The molecule has 0 aliphatic carbocycles. The van der Waals surface area contributed by atoms with Gasteiger partial charge in [0.15, 0.2) is 0 Å². The number of benzene rings is 1. The van der Waals surface area contributed by atoms with Crippen LogP contribution in [0, 0.1) is 10.3 Å². The van der Waals surface area contributed by atoms with Crippen molar-refractivity contribution in [1.82, 2.24) is 9.88 Å². The highest BCUT2D eigenvalue weighted by Crippen LogP contribution is 2.26. The molecule has 1 aromatic carbocycles. The number of hydrogen-bond donors (Lipinski definition) is 1. The Hall–Kier alpha value is -1.46. The Kier molecular flexibility index (Phi) is 3.24. The minimum absolute atomic E-state index is 0.188. The molecule has 1 fully saturated rings. The maximum atomic E-state index is 14.3. The molecule has 2 aromatic rings. The molecule has 5 heteroatoms. The predicted octanol–water partition coefficient (Wildman–Crippen LogP) is 2.46. The smallest absolute Gasteiger partial charge is 0.147 e. The highest BCUT2D eigenvalue weighted by molar-refractivity contribution is 7.71. The summed E-state index contributed by atoms with van der Waals surface area (Å²) in [7, 11) is 1.95. The Morgan fingerprint density at radius 2 is 2.00 bits per heavy atom. The standard InChI is InChI=1S/C14H16FN3S/c1-17-5-2-14(19)10-8-11(15)13(9-12(10)17)18-6-3-16-4-7-18/h2,5,8-9,16H,3-4,6-7H2,1H3. The Bertz CT molecular complexity index is 674. The fraction of sp³-hybridized carbons (Fsp3) is 0.357. The lowest BCUT2D eigenvalue weighted by molar-refractivity contribution is 0.567. The van der Waals surface area contributed by atoms with Crippen molar-refractivity contribution in [3.05, 3.63) is 34.7 Å². The summed E-state index contributed by atoms with van der Waals surface area (Å²) in [6, 6.07) is 5.31. The number of pyridine rings is 1. The van der Waals surface area contributed by atoms with Crippen LogP contribution in [0.1, 0.15) is 0 Å². The third kappa shape index (κ3) is 2.24. The highest BCUT2D eigenvalue weighted by atomic mass is 32.1. The van der Waals surface area contributed by atoms with Crippen LogP contribution in [-0.4, -0.2) is 30.7 Å². The number of rotatable bonds is 1. The van der Waals surface area contributed by atoms with E-state index in [0.717, 1.165) is 37.1 Å². The molecule has 0 saturated carbocycles. The van der Waals surface area contributed by atoms with Crippen LogP contribution in [0.4, 0.5) is 10.1 Å². The van der Waals surface area contributed by atoms with E-state index in [4.69, 9.17) is 12.2 Å². The van der Waals surface area contributed by atoms with Gasteiger partial charge in [-0.05, 0) is 18.2 Å². The first-order valence-electron chi connectivity index (χ1n) is 6.41. The van der Waals surface area contributed by atoms with Crippen molar-refractivity contribution in [3.8, 4) is 0 Å². The molecule has 1 aromatic heterocycles. The zero-order valence-electron chi connectivity index (χ0n) is 10.8. The predicted molar refractivity (Wildman–Crippen MR) is 78.8 cm³/mol. The van der Waals surface area contributed by atoms with Crippen LogP contribution in [0.25, 0.3) is 10.9 Å². The zero-order chi connectivity index (χ0) is 13.4. The van der Waals surface area contributed by atoms with Crippen molar-refractivity contribution < 1.29 is 4.39 Å². The van der Waals surface area contributed by atoms with E-state index in [2.05, 4.69) is 10.2 Å². The Morgan fingerprint density at radius 1 is 1.26 bits per heavy atom. The highest BCUT2D eigenvalue weighted by Gasteiger charge is 2.16.